The summed E-state index contributed by atoms with van der Waals surface area (Å²) in [4.78, 5) is 13.2. The number of benzene rings is 1. The maximum atomic E-state index is 15.2. The van der Waals surface area contributed by atoms with Crippen LogP contribution in [0.25, 0.3) is 0 Å². The van der Waals surface area contributed by atoms with Gasteiger partial charge in [-0.1, -0.05) is 50.6 Å². The fraction of sp³-hybridized carbons (Fsp3) is 0.812. The fourth-order valence-corrected chi connectivity index (χ4v) is 16.8. The Hall–Kier alpha value is -1.82. The molecule has 3 saturated heterocycles. The summed E-state index contributed by atoms with van der Waals surface area (Å²) in [6.07, 6.45) is 13.4. The Kier molecular flexibility index (Phi) is 11.5. The first-order chi connectivity index (χ1) is 27.3. The van der Waals surface area contributed by atoms with Crippen LogP contribution in [0.5, 0.6) is 0 Å². The summed E-state index contributed by atoms with van der Waals surface area (Å²) in [7, 11) is -4.03. The van der Waals surface area contributed by atoms with Gasteiger partial charge in [0.25, 0.3) is 0 Å². The van der Waals surface area contributed by atoms with Gasteiger partial charge < -0.3 is 28.8 Å². The quantitative estimate of drug-likeness (QED) is 0.192. The lowest BCUT2D eigenvalue weighted by molar-refractivity contribution is -0.190. The van der Waals surface area contributed by atoms with Gasteiger partial charge in [0.15, 0.2) is 15.6 Å². The van der Waals surface area contributed by atoms with E-state index in [2.05, 4.69) is 26.8 Å². The van der Waals surface area contributed by atoms with Crippen LogP contribution in [0, 0.1) is 46.3 Å². The third kappa shape index (κ3) is 7.27. The van der Waals surface area contributed by atoms with Gasteiger partial charge in [0, 0.05) is 26.6 Å². The van der Waals surface area contributed by atoms with Gasteiger partial charge in [-0.3, -0.25) is 4.79 Å². The molecule has 4 unspecified atom stereocenters. The molecule has 6 fully saturated rings. The Morgan fingerprint density at radius 1 is 0.879 bits per heavy atom. The number of rotatable bonds is 9. The van der Waals surface area contributed by atoms with Crippen LogP contribution < -0.4 is 0 Å². The Labute approximate surface area is 348 Å². The van der Waals surface area contributed by atoms with Crippen molar-refractivity contribution >= 4 is 15.8 Å². The highest BCUT2D eigenvalue weighted by molar-refractivity contribution is 7.92. The number of ether oxygens (including phenoxy) is 5. The van der Waals surface area contributed by atoms with Crippen molar-refractivity contribution in [2.75, 3.05) is 13.2 Å². The van der Waals surface area contributed by atoms with Crippen LogP contribution in [-0.4, -0.2) is 79.4 Å². The Morgan fingerprint density at radius 3 is 2.21 bits per heavy atom. The van der Waals surface area contributed by atoms with Crippen molar-refractivity contribution in [3.63, 3.8) is 0 Å². The molecule has 0 aromatic heterocycles. The predicted molar refractivity (Wildman–Crippen MR) is 222 cm³/mol. The number of hydrogen-bond acceptors (Lipinski definition) is 9. The normalized spacial score (nSPS) is 42.5. The molecule has 1 aromatic carbocycles. The number of aliphatic hydroxyl groups is 1. The lowest BCUT2D eigenvalue weighted by Crippen LogP contribution is -2.61. The first-order valence-corrected chi connectivity index (χ1v) is 24.4. The molecule has 8 rings (SSSR count). The first kappa shape index (κ1) is 42.9. The molecule has 1 N–H and O–H groups in total. The molecule has 3 saturated carbocycles. The summed E-state index contributed by atoms with van der Waals surface area (Å²) in [5, 5.41) is 11.5. The van der Waals surface area contributed by atoms with Gasteiger partial charge >= 0.3 is 5.97 Å². The van der Waals surface area contributed by atoms with E-state index in [1.807, 2.05) is 33.8 Å². The smallest absolute Gasteiger partial charge is 0.303 e. The summed E-state index contributed by atoms with van der Waals surface area (Å²) in [5.74, 6) is -0.256. The van der Waals surface area contributed by atoms with Gasteiger partial charge in [-0.15, -0.1) is 0 Å². The highest BCUT2D eigenvalue weighted by atomic mass is 32.2. The van der Waals surface area contributed by atoms with Crippen LogP contribution in [0.1, 0.15) is 139 Å². The van der Waals surface area contributed by atoms with E-state index < -0.39 is 50.3 Å². The van der Waals surface area contributed by atoms with E-state index in [4.69, 9.17) is 23.7 Å². The van der Waals surface area contributed by atoms with Gasteiger partial charge in [-0.2, -0.15) is 0 Å². The minimum Gasteiger partial charge on any atom is -0.458 e. The molecule has 7 aliphatic rings. The topological polar surface area (TPSA) is 118 Å². The minimum atomic E-state index is -4.03. The monoisotopic (exact) mass is 824 g/mol. The van der Waals surface area contributed by atoms with Crippen molar-refractivity contribution in [1.29, 1.82) is 0 Å². The lowest BCUT2D eigenvalue weighted by Gasteiger charge is -2.63. The number of esters is 1. The standard InChI is InChI=1S/C48H72O9S/c1-30(42(58(51,52)33-16-10-9-11-17-33)41(55-31(2)49)43-44(3,4)57-45(5,6)56-43)35-22-23-36-34-21-20-32-28-48(50,40-19-13-15-27-54-40)29-38(39-18-12-14-26-53-39)47(32,8)37(34)24-25-46(35,36)7/h9-11,16-17,20,30,34-43,50H,12-15,18-19,21-29H2,1-8H3/t30-,34-,35+,36-,37-,38+,39?,40?,41?,42?,43+,46+,47-,48-/m0/s1. The second kappa shape index (κ2) is 15.5. The first-order valence-electron chi connectivity index (χ1n) is 22.8. The average molecular weight is 825 g/mol. The lowest BCUT2D eigenvalue weighted by atomic mass is 9.43. The highest BCUT2D eigenvalue weighted by Gasteiger charge is 2.66. The van der Waals surface area contributed by atoms with Crippen molar-refractivity contribution in [2.45, 2.75) is 190 Å². The minimum absolute atomic E-state index is 0.0778. The van der Waals surface area contributed by atoms with Crippen LogP contribution in [0.15, 0.2) is 46.9 Å². The molecule has 0 radical (unpaired) electrons. The second-order valence-corrected chi connectivity index (χ2v) is 23.2. The molecular weight excluding hydrogens is 753 g/mol. The number of allylic oxidation sites excluding steroid dienone is 1. The Bertz CT molecular complexity index is 1800. The van der Waals surface area contributed by atoms with E-state index in [-0.39, 0.29) is 45.7 Å². The van der Waals surface area contributed by atoms with Gasteiger partial charge in [0.05, 0.1) is 28.3 Å². The van der Waals surface area contributed by atoms with E-state index in [9.17, 15) is 9.90 Å². The maximum Gasteiger partial charge on any atom is 0.303 e. The zero-order valence-corrected chi connectivity index (χ0v) is 37.4. The van der Waals surface area contributed by atoms with E-state index in [0.29, 0.717) is 24.2 Å². The molecule has 324 valence electrons. The predicted octanol–water partition coefficient (Wildman–Crippen LogP) is 9.00. The number of hydrogen-bond donors (Lipinski definition) is 1. The van der Waals surface area contributed by atoms with Crippen molar-refractivity contribution in [2.24, 2.45) is 46.3 Å². The van der Waals surface area contributed by atoms with E-state index in [1.165, 1.54) is 12.5 Å². The largest absolute Gasteiger partial charge is 0.458 e. The zero-order chi connectivity index (χ0) is 41.5. The fourth-order valence-electron chi connectivity index (χ4n) is 14.7. The Morgan fingerprint density at radius 2 is 1.59 bits per heavy atom. The molecule has 1 aromatic rings. The summed E-state index contributed by atoms with van der Waals surface area (Å²) in [5.41, 5.74) is -0.573. The number of fused-ring (bicyclic) bond motifs is 5. The third-order valence-corrected chi connectivity index (χ3v) is 19.3. The van der Waals surface area contributed by atoms with Crippen molar-refractivity contribution < 1.29 is 42.0 Å². The molecular formula is C48H72O9S. The van der Waals surface area contributed by atoms with Crippen molar-refractivity contribution in [3.05, 3.63) is 42.0 Å². The summed E-state index contributed by atoms with van der Waals surface area (Å²) in [6.45, 7) is 17.4. The number of carbonyl (C=O) groups is 1. The van der Waals surface area contributed by atoms with Crippen LogP contribution in [0.2, 0.25) is 0 Å². The average Bonchev–Trinajstić information content (AvgIpc) is 3.66. The molecule has 9 nitrogen and oxygen atoms in total. The second-order valence-electron chi connectivity index (χ2n) is 21.1. The van der Waals surface area contributed by atoms with E-state index in [0.717, 1.165) is 90.3 Å². The van der Waals surface area contributed by atoms with Gasteiger partial charge in [-0.05, 0) is 163 Å². The third-order valence-electron chi connectivity index (χ3n) is 17.0. The molecule has 4 aliphatic carbocycles. The molecule has 0 bridgehead atoms. The molecule has 3 aliphatic heterocycles. The van der Waals surface area contributed by atoms with Crippen molar-refractivity contribution in [3.8, 4) is 0 Å². The molecule has 14 atom stereocenters. The van der Waals surface area contributed by atoms with Crippen LogP contribution in [-0.2, 0) is 38.3 Å². The summed E-state index contributed by atoms with van der Waals surface area (Å²) >= 11 is 0. The Balaban J connectivity index is 1.15. The van der Waals surface area contributed by atoms with Crippen LogP contribution >= 0.6 is 0 Å². The van der Waals surface area contributed by atoms with Crippen LogP contribution in [0.3, 0.4) is 0 Å². The zero-order valence-electron chi connectivity index (χ0n) is 36.5. The van der Waals surface area contributed by atoms with Crippen LogP contribution in [0.4, 0.5) is 0 Å². The number of carbonyl (C=O) groups excluding carboxylic acids is 1. The molecule has 3 heterocycles. The highest BCUT2D eigenvalue weighted by Crippen LogP contribution is 2.70. The van der Waals surface area contributed by atoms with E-state index in [1.54, 1.807) is 24.3 Å². The summed E-state index contributed by atoms with van der Waals surface area (Å²) < 4.78 is 62.5. The molecule has 10 heteroatoms. The maximum absolute atomic E-state index is 15.2. The molecule has 0 amide bonds. The van der Waals surface area contributed by atoms with Gasteiger partial charge in [0.2, 0.25) is 0 Å². The molecule has 58 heavy (non-hydrogen) atoms. The number of sulfone groups is 1. The van der Waals surface area contributed by atoms with E-state index >= 15 is 8.42 Å². The summed E-state index contributed by atoms with van der Waals surface area (Å²) in [6, 6.07) is 8.67. The van der Waals surface area contributed by atoms with Gasteiger partial charge in [0.1, 0.15) is 17.5 Å². The van der Waals surface area contributed by atoms with Crippen molar-refractivity contribution in [1.82, 2.24) is 0 Å². The molecule has 0 spiro atoms. The SMILES string of the molecule is CC(=O)OC(C([C@@H](C)[C@H]1CC[C@H]2[C@@H]3CC=C4C[C@@](O)(C5CCCCO5)C[C@H](C5CCCCO5)[C@]4(C)[C@H]3CC[C@]12C)S(=O)(=O)c1ccccc1)[C@H]1OC(C)(C)OC1(C)C. The van der Waals surface area contributed by atoms with Gasteiger partial charge in [-0.25, -0.2) is 8.42 Å².